The van der Waals surface area contributed by atoms with Gasteiger partial charge in [0.25, 0.3) is 0 Å². The highest BCUT2D eigenvalue weighted by atomic mass is 16.1. The van der Waals surface area contributed by atoms with Crippen LogP contribution in [0.25, 0.3) is 0 Å². The van der Waals surface area contributed by atoms with Crippen LogP contribution < -0.4 is 0 Å². The third-order valence-electron chi connectivity index (χ3n) is 2.42. The van der Waals surface area contributed by atoms with Gasteiger partial charge in [0.05, 0.1) is 0 Å². The zero-order valence-electron chi connectivity index (χ0n) is 11.0. The van der Waals surface area contributed by atoms with Gasteiger partial charge in [0, 0.05) is 5.56 Å². The Morgan fingerprint density at radius 2 is 1.44 bits per heavy atom. The Labute approximate surface area is 99.9 Å². The first-order valence-electron chi connectivity index (χ1n) is 6.19. The molecule has 1 nitrogen and oxygen atoms in total. The summed E-state index contributed by atoms with van der Waals surface area (Å²) in [4.78, 5) is 10.8. The number of carbonyl (C=O) groups is 1. The molecule has 1 heteroatoms. The lowest BCUT2D eigenvalue weighted by molar-refractivity contribution is 0.101. The zero-order chi connectivity index (χ0) is 12.4. The van der Waals surface area contributed by atoms with Gasteiger partial charge in [-0.2, -0.15) is 0 Å². The average Bonchev–Trinajstić information content (AvgIpc) is 2.28. The van der Waals surface area contributed by atoms with Gasteiger partial charge in [0.2, 0.25) is 0 Å². The molecule has 0 aliphatic rings. The average molecular weight is 220 g/mol. The summed E-state index contributed by atoms with van der Waals surface area (Å²) in [5.41, 5.74) is 1.97. The van der Waals surface area contributed by atoms with E-state index in [1.807, 2.05) is 31.2 Å². The highest BCUT2D eigenvalue weighted by molar-refractivity contribution is 5.93. The molecule has 1 rings (SSSR count). The molecule has 0 fully saturated rings. The van der Waals surface area contributed by atoms with Gasteiger partial charge >= 0.3 is 0 Å². The Bertz CT molecular complexity index is 281. The second-order valence-electron chi connectivity index (χ2n) is 4.13. The van der Waals surface area contributed by atoms with Gasteiger partial charge in [-0.25, -0.2) is 0 Å². The van der Waals surface area contributed by atoms with E-state index in [4.69, 9.17) is 0 Å². The molecule has 1 aromatic carbocycles. The van der Waals surface area contributed by atoms with Crippen LogP contribution in [-0.2, 0) is 0 Å². The number of hydrogen-bond donors (Lipinski definition) is 0. The third kappa shape index (κ3) is 7.22. The summed E-state index contributed by atoms with van der Waals surface area (Å²) in [6.45, 7) is 8.04. The van der Waals surface area contributed by atoms with Crippen LogP contribution in [0, 0.1) is 6.92 Å². The number of ketones is 1. The van der Waals surface area contributed by atoms with Crippen molar-refractivity contribution in [1.82, 2.24) is 0 Å². The molecule has 0 saturated carbocycles. The van der Waals surface area contributed by atoms with Crippen LogP contribution in [0.5, 0.6) is 0 Å². The summed E-state index contributed by atoms with van der Waals surface area (Å²) in [5, 5.41) is 0. The fourth-order valence-corrected chi connectivity index (χ4v) is 1.29. The Hall–Kier alpha value is -1.11. The molecule has 0 heterocycles. The predicted octanol–water partition coefficient (Wildman–Crippen LogP) is 4.78. The van der Waals surface area contributed by atoms with E-state index in [0.29, 0.717) is 0 Å². The van der Waals surface area contributed by atoms with Crippen LogP contribution >= 0.6 is 0 Å². The standard InChI is InChI=1S/C9H10O.C6H14/c1-7-3-5-9(6-4-7)8(2)10;1-3-5-6-4-2/h3-6H,1-2H3;3-6H2,1-2H3. The number of hydrogen-bond acceptors (Lipinski definition) is 1. The number of aryl methyl sites for hydroxylation is 1. The number of carbonyl (C=O) groups excluding carboxylic acids is 1. The topological polar surface area (TPSA) is 17.1 Å². The van der Waals surface area contributed by atoms with E-state index in [1.54, 1.807) is 6.92 Å². The predicted molar refractivity (Wildman–Crippen MR) is 71.0 cm³/mol. The summed E-state index contributed by atoms with van der Waals surface area (Å²) in [6, 6.07) is 7.57. The molecule has 1 aromatic rings. The lowest BCUT2D eigenvalue weighted by atomic mass is 10.1. The zero-order valence-corrected chi connectivity index (χ0v) is 11.0. The Kier molecular flexibility index (Phi) is 8.51. The first-order chi connectivity index (χ1) is 7.61. The second-order valence-corrected chi connectivity index (χ2v) is 4.13. The number of Topliss-reactive ketones (excluding diaryl/α,β-unsaturated/α-hetero) is 1. The van der Waals surface area contributed by atoms with E-state index >= 15 is 0 Å². The highest BCUT2D eigenvalue weighted by Crippen LogP contribution is 2.02. The van der Waals surface area contributed by atoms with Crippen molar-refractivity contribution < 1.29 is 4.79 Å². The maximum atomic E-state index is 10.8. The van der Waals surface area contributed by atoms with E-state index in [-0.39, 0.29) is 5.78 Å². The summed E-state index contributed by atoms with van der Waals surface area (Å²) < 4.78 is 0. The molecular weight excluding hydrogens is 196 g/mol. The Balaban J connectivity index is 0.000000325. The first-order valence-corrected chi connectivity index (χ1v) is 6.19. The second kappa shape index (κ2) is 9.14. The van der Waals surface area contributed by atoms with Crippen molar-refractivity contribution in [3.8, 4) is 0 Å². The van der Waals surface area contributed by atoms with Crippen molar-refractivity contribution in [3.05, 3.63) is 35.4 Å². The van der Waals surface area contributed by atoms with Crippen molar-refractivity contribution in [1.29, 1.82) is 0 Å². The molecule has 0 aliphatic carbocycles. The minimum Gasteiger partial charge on any atom is -0.295 e. The molecule has 0 radical (unpaired) electrons. The monoisotopic (exact) mass is 220 g/mol. The van der Waals surface area contributed by atoms with E-state index in [1.165, 1.54) is 31.2 Å². The third-order valence-corrected chi connectivity index (χ3v) is 2.42. The summed E-state index contributed by atoms with van der Waals surface area (Å²) in [5.74, 6) is 0.125. The Morgan fingerprint density at radius 1 is 1.00 bits per heavy atom. The molecule has 0 atom stereocenters. The van der Waals surface area contributed by atoms with Crippen LogP contribution in [0.15, 0.2) is 24.3 Å². The first kappa shape index (κ1) is 14.9. The quantitative estimate of drug-likeness (QED) is 0.527. The number of rotatable bonds is 4. The fourth-order valence-electron chi connectivity index (χ4n) is 1.29. The maximum Gasteiger partial charge on any atom is 0.159 e. The van der Waals surface area contributed by atoms with Crippen molar-refractivity contribution in [3.63, 3.8) is 0 Å². The van der Waals surface area contributed by atoms with Gasteiger partial charge in [0.1, 0.15) is 0 Å². The minimum absolute atomic E-state index is 0.125. The molecular formula is C15H24O. The van der Waals surface area contributed by atoms with Gasteiger partial charge in [-0.1, -0.05) is 69.4 Å². The van der Waals surface area contributed by atoms with E-state index < -0.39 is 0 Å². The highest BCUT2D eigenvalue weighted by Gasteiger charge is 1.95. The molecule has 16 heavy (non-hydrogen) atoms. The molecule has 0 aliphatic heterocycles. The van der Waals surface area contributed by atoms with Crippen LogP contribution in [0.4, 0.5) is 0 Å². The van der Waals surface area contributed by atoms with E-state index in [2.05, 4.69) is 13.8 Å². The molecule has 0 amide bonds. The summed E-state index contributed by atoms with van der Waals surface area (Å²) in [7, 11) is 0. The lowest BCUT2D eigenvalue weighted by Gasteiger charge is -1.93. The maximum absolute atomic E-state index is 10.8. The van der Waals surface area contributed by atoms with Gasteiger partial charge in [-0.3, -0.25) is 4.79 Å². The molecule has 90 valence electrons. The summed E-state index contributed by atoms with van der Waals surface area (Å²) in [6.07, 6.45) is 5.54. The molecule has 0 unspecified atom stereocenters. The van der Waals surface area contributed by atoms with Gasteiger partial charge in [-0.05, 0) is 13.8 Å². The van der Waals surface area contributed by atoms with Gasteiger partial charge < -0.3 is 0 Å². The van der Waals surface area contributed by atoms with E-state index in [9.17, 15) is 4.79 Å². The van der Waals surface area contributed by atoms with Crippen LogP contribution in [0.2, 0.25) is 0 Å². The van der Waals surface area contributed by atoms with Crippen molar-refractivity contribution >= 4 is 5.78 Å². The normalized spacial score (nSPS) is 9.25. The minimum atomic E-state index is 0.125. The van der Waals surface area contributed by atoms with Gasteiger partial charge in [-0.15, -0.1) is 0 Å². The largest absolute Gasteiger partial charge is 0.295 e. The summed E-state index contributed by atoms with van der Waals surface area (Å²) >= 11 is 0. The van der Waals surface area contributed by atoms with Crippen molar-refractivity contribution in [2.75, 3.05) is 0 Å². The molecule has 0 bridgehead atoms. The van der Waals surface area contributed by atoms with Crippen LogP contribution in [0.3, 0.4) is 0 Å². The van der Waals surface area contributed by atoms with E-state index in [0.717, 1.165) is 5.56 Å². The van der Waals surface area contributed by atoms with Crippen molar-refractivity contribution in [2.24, 2.45) is 0 Å². The SMILES string of the molecule is CC(=O)c1ccc(C)cc1.CCCCCC. The number of unbranched alkanes of at least 4 members (excludes halogenated alkanes) is 3. The lowest BCUT2D eigenvalue weighted by Crippen LogP contribution is -1.90. The Morgan fingerprint density at radius 3 is 1.75 bits per heavy atom. The molecule has 0 aromatic heterocycles. The van der Waals surface area contributed by atoms with Gasteiger partial charge in [0.15, 0.2) is 5.78 Å². The number of benzene rings is 1. The van der Waals surface area contributed by atoms with Crippen molar-refractivity contribution in [2.45, 2.75) is 53.4 Å². The fraction of sp³-hybridized carbons (Fsp3) is 0.533. The molecule has 0 saturated heterocycles. The smallest absolute Gasteiger partial charge is 0.159 e. The van der Waals surface area contributed by atoms with Crippen LogP contribution in [0.1, 0.15) is 62.4 Å². The molecule has 0 spiro atoms. The molecule has 0 N–H and O–H groups in total. The van der Waals surface area contributed by atoms with Crippen LogP contribution in [-0.4, -0.2) is 5.78 Å².